The van der Waals surface area contributed by atoms with E-state index in [1.807, 2.05) is 12.3 Å². The Morgan fingerprint density at radius 3 is 2.61 bits per heavy atom. The van der Waals surface area contributed by atoms with Gasteiger partial charge in [0.2, 0.25) is 5.95 Å². The van der Waals surface area contributed by atoms with E-state index in [0.717, 1.165) is 29.5 Å². The lowest BCUT2D eigenvalue weighted by Crippen LogP contribution is -2.52. The van der Waals surface area contributed by atoms with Crippen LogP contribution >= 0.6 is 0 Å². The predicted octanol–water partition coefficient (Wildman–Crippen LogP) is 4.22. The number of carbonyl (C=O) groups excluding carboxylic acids is 1. The van der Waals surface area contributed by atoms with Crippen LogP contribution in [0, 0.1) is 5.92 Å². The molecule has 2 fully saturated rings. The Kier molecular flexibility index (Phi) is 6.28. The number of nitrogens with one attached hydrogen (secondary N) is 1. The summed E-state index contributed by atoms with van der Waals surface area (Å²) in [7, 11) is 0. The van der Waals surface area contributed by atoms with Crippen molar-refractivity contribution in [1.29, 1.82) is 0 Å². The third kappa shape index (κ3) is 4.59. The molecule has 0 amide bonds. The molecule has 2 aliphatic rings. The van der Waals surface area contributed by atoms with Gasteiger partial charge in [0.1, 0.15) is 23.6 Å². The molecule has 9 heteroatoms. The van der Waals surface area contributed by atoms with Gasteiger partial charge in [0.05, 0.1) is 18.1 Å². The Balaban J connectivity index is 1.41. The minimum atomic E-state index is -1.37. The standard InChI is InChI=1S/C27H33FN6O2/c1-16(2)19-5-6-22(34-13-18(14-34)17(3)35)21-12-30-25(11-20(19)21)31-24-7-9-29-26(32-24)33-10-8-27(4,36)23(28)15-33/h5-7,9,11-12,16,18,23,36H,8,10,13-15H2,1-4H3,(H,29,30,31,32)/t23-,27+/m0/s1. The number of hydrogen-bond acceptors (Lipinski definition) is 8. The molecule has 0 radical (unpaired) electrons. The summed E-state index contributed by atoms with van der Waals surface area (Å²) in [6.07, 6.45) is 2.46. The van der Waals surface area contributed by atoms with Crippen LogP contribution in [0.15, 0.2) is 36.7 Å². The average molecular weight is 493 g/mol. The molecule has 0 saturated carbocycles. The summed E-state index contributed by atoms with van der Waals surface area (Å²) < 4.78 is 14.4. The molecular weight excluding hydrogens is 459 g/mol. The Hall–Kier alpha value is -3.33. The molecule has 0 aliphatic carbocycles. The fourth-order valence-electron chi connectivity index (χ4n) is 4.91. The maximum atomic E-state index is 14.4. The van der Waals surface area contributed by atoms with Gasteiger partial charge in [-0.1, -0.05) is 19.9 Å². The van der Waals surface area contributed by atoms with Crippen LogP contribution in [0.3, 0.4) is 0 Å². The maximum absolute atomic E-state index is 14.4. The van der Waals surface area contributed by atoms with E-state index in [0.29, 0.717) is 36.5 Å². The molecular formula is C27H33FN6O2. The summed E-state index contributed by atoms with van der Waals surface area (Å²) in [5.74, 6) is 2.30. The molecule has 8 nitrogen and oxygen atoms in total. The number of Topliss-reactive ketones (excluding diaryl/α,β-unsaturated/α-hetero) is 1. The highest BCUT2D eigenvalue weighted by molar-refractivity contribution is 5.98. The zero-order valence-corrected chi connectivity index (χ0v) is 21.2. The molecule has 1 aromatic carbocycles. The number of anilines is 4. The molecule has 5 rings (SSSR count). The number of halogens is 1. The molecule has 2 atom stereocenters. The predicted molar refractivity (Wildman–Crippen MR) is 140 cm³/mol. The third-order valence-electron chi connectivity index (χ3n) is 7.46. The van der Waals surface area contributed by atoms with E-state index in [9.17, 15) is 14.3 Å². The number of piperidine rings is 1. The number of carbonyl (C=O) groups is 1. The van der Waals surface area contributed by atoms with E-state index >= 15 is 0 Å². The van der Waals surface area contributed by atoms with Gasteiger partial charge in [-0.15, -0.1) is 0 Å². The zero-order valence-electron chi connectivity index (χ0n) is 21.2. The van der Waals surface area contributed by atoms with Crippen LogP contribution < -0.4 is 15.1 Å². The van der Waals surface area contributed by atoms with Gasteiger partial charge in [-0.25, -0.2) is 14.4 Å². The second kappa shape index (κ2) is 9.28. The Morgan fingerprint density at radius 1 is 1.14 bits per heavy atom. The molecule has 0 unspecified atom stereocenters. The van der Waals surface area contributed by atoms with Gasteiger partial charge in [-0.2, -0.15) is 4.98 Å². The first-order valence-electron chi connectivity index (χ1n) is 12.5. The quantitative estimate of drug-likeness (QED) is 0.528. The number of ketones is 1. The Labute approximate surface area is 210 Å². The van der Waals surface area contributed by atoms with Gasteiger partial charge >= 0.3 is 0 Å². The van der Waals surface area contributed by atoms with Crippen LogP contribution in [-0.4, -0.2) is 63.8 Å². The van der Waals surface area contributed by atoms with Gasteiger partial charge in [0, 0.05) is 43.1 Å². The summed E-state index contributed by atoms with van der Waals surface area (Å²) in [6.45, 7) is 9.52. The maximum Gasteiger partial charge on any atom is 0.227 e. The summed E-state index contributed by atoms with van der Waals surface area (Å²) in [4.78, 5) is 29.3. The number of nitrogens with zero attached hydrogens (tertiary/aromatic N) is 5. The highest BCUT2D eigenvalue weighted by atomic mass is 19.1. The minimum Gasteiger partial charge on any atom is -0.387 e. The first kappa shape index (κ1) is 24.4. The van der Waals surface area contributed by atoms with Gasteiger partial charge in [0.15, 0.2) is 0 Å². The monoisotopic (exact) mass is 492 g/mol. The van der Waals surface area contributed by atoms with Gasteiger partial charge < -0.3 is 20.2 Å². The summed E-state index contributed by atoms with van der Waals surface area (Å²) in [6, 6.07) is 8.08. The van der Waals surface area contributed by atoms with Crippen molar-refractivity contribution in [3.63, 3.8) is 0 Å². The number of rotatable bonds is 6. The number of aromatic nitrogens is 3. The Morgan fingerprint density at radius 2 is 1.92 bits per heavy atom. The first-order valence-corrected chi connectivity index (χ1v) is 12.5. The second-order valence-corrected chi connectivity index (χ2v) is 10.5. The van der Waals surface area contributed by atoms with E-state index in [1.165, 1.54) is 12.5 Å². The van der Waals surface area contributed by atoms with Gasteiger partial charge in [0.25, 0.3) is 0 Å². The fourth-order valence-corrected chi connectivity index (χ4v) is 4.91. The Bertz CT molecular complexity index is 1290. The normalized spacial score (nSPS) is 22.7. The van der Waals surface area contributed by atoms with Crippen molar-refractivity contribution in [2.75, 3.05) is 41.3 Å². The fraction of sp³-hybridized carbons (Fsp3) is 0.481. The van der Waals surface area contributed by atoms with Crippen LogP contribution in [0.2, 0.25) is 0 Å². The van der Waals surface area contributed by atoms with Crippen LogP contribution in [0.25, 0.3) is 10.8 Å². The molecule has 0 spiro atoms. The number of aliphatic hydroxyl groups is 1. The number of alkyl halides is 1. The van der Waals surface area contributed by atoms with Crippen molar-refractivity contribution in [3.8, 4) is 0 Å². The highest BCUT2D eigenvalue weighted by Crippen LogP contribution is 2.37. The smallest absolute Gasteiger partial charge is 0.227 e. The molecule has 36 heavy (non-hydrogen) atoms. The van der Waals surface area contributed by atoms with Crippen molar-refractivity contribution in [1.82, 2.24) is 15.0 Å². The summed E-state index contributed by atoms with van der Waals surface area (Å²) >= 11 is 0. The molecule has 2 aliphatic heterocycles. The number of hydrogen-bond donors (Lipinski definition) is 2. The lowest BCUT2D eigenvalue weighted by molar-refractivity contribution is -0.121. The van der Waals surface area contributed by atoms with Crippen molar-refractivity contribution in [2.24, 2.45) is 5.92 Å². The molecule has 0 bridgehead atoms. The number of fused-ring (bicyclic) bond motifs is 1. The van der Waals surface area contributed by atoms with Crippen molar-refractivity contribution < 1.29 is 14.3 Å². The summed E-state index contributed by atoms with van der Waals surface area (Å²) in [5.41, 5.74) is 0.995. The van der Waals surface area contributed by atoms with Gasteiger partial charge in [-0.05, 0) is 55.3 Å². The highest BCUT2D eigenvalue weighted by Gasteiger charge is 2.38. The third-order valence-corrected chi connectivity index (χ3v) is 7.46. The molecule has 2 N–H and O–H groups in total. The lowest BCUT2D eigenvalue weighted by Gasteiger charge is -2.40. The van der Waals surface area contributed by atoms with E-state index in [4.69, 9.17) is 0 Å². The van der Waals surface area contributed by atoms with Crippen LogP contribution in [0.4, 0.5) is 27.7 Å². The molecule has 4 heterocycles. The second-order valence-electron chi connectivity index (χ2n) is 10.5. The molecule has 3 aromatic rings. The van der Waals surface area contributed by atoms with Gasteiger partial charge in [-0.3, -0.25) is 4.79 Å². The minimum absolute atomic E-state index is 0.0478. The molecule has 2 aromatic heterocycles. The number of benzene rings is 1. The lowest BCUT2D eigenvalue weighted by atomic mass is 9.92. The van der Waals surface area contributed by atoms with Crippen LogP contribution in [-0.2, 0) is 4.79 Å². The molecule has 190 valence electrons. The van der Waals surface area contributed by atoms with E-state index in [1.54, 1.807) is 24.1 Å². The van der Waals surface area contributed by atoms with E-state index in [-0.39, 0.29) is 18.2 Å². The van der Waals surface area contributed by atoms with Crippen LogP contribution in [0.5, 0.6) is 0 Å². The van der Waals surface area contributed by atoms with E-state index < -0.39 is 11.8 Å². The van der Waals surface area contributed by atoms with Crippen molar-refractivity contribution in [2.45, 2.75) is 51.8 Å². The van der Waals surface area contributed by atoms with E-state index in [2.05, 4.69) is 51.1 Å². The first-order chi connectivity index (χ1) is 17.1. The topological polar surface area (TPSA) is 94.5 Å². The van der Waals surface area contributed by atoms with Crippen molar-refractivity contribution >= 4 is 39.8 Å². The van der Waals surface area contributed by atoms with Crippen molar-refractivity contribution in [3.05, 3.63) is 42.2 Å². The zero-order chi connectivity index (χ0) is 25.6. The number of pyridine rings is 1. The van der Waals surface area contributed by atoms with Crippen LogP contribution in [0.1, 0.15) is 45.6 Å². The largest absolute Gasteiger partial charge is 0.387 e. The SMILES string of the molecule is CC(=O)C1CN(c2ccc(C(C)C)c3cc(Nc4ccnc(N5CC[C@@](C)(O)[C@@H](F)C5)n4)ncc23)C1. The average Bonchev–Trinajstić information content (AvgIpc) is 2.79. The summed E-state index contributed by atoms with van der Waals surface area (Å²) in [5, 5.41) is 15.6. The molecule has 2 saturated heterocycles.